The zero-order valence-corrected chi connectivity index (χ0v) is 11.7. The molecule has 0 saturated carbocycles. The Labute approximate surface area is 123 Å². The second kappa shape index (κ2) is 5.79. The molecule has 1 aliphatic rings. The van der Waals surface area contributed by atoms with Crippen LogP contribution < -0.4 is 4.74 Å². The van der Waals surface area contributed by atoms with E-state index in [2.05, 4.69) is 5.16 Å². The summed E-state index contributed by atoms with van der Waals surface area (Å²) in [5.74, 6) is 0.273. The van der Waals surface area contributed by atoms with Gasteiger partial charge >= 0.3 is 5.97 Å². The average molecular weight is 281 g/mol. The van der Waals surface area contributed by atoms with Gasteiger partial charge in [-0.15, -0.1) is 0 Å². The number of hydrogen-bond acceptors (Lipinski definition) is 4. The highest BCUT2D eigenvalue weighted by Crippen LogP contribution is 2.32. The molecular weight excluding hydrogens is 266 g/mol. The maximum atomic E-state index is 11.1. The summed E-state index contributed by atoms with van der Waals surface area (Å²) in [6.45, 7) is 1.81. The molecule has 0 aromatic heterocycles. The van der Waals surface area contributed by atoms with Gasteiger partial charge in [0, 0.05) is 12.5 Å². The Balaban J connectivity index is 2.05. The summed E-state index contributed by atoms with van der Waals surface area (Å²) in [6.07, 6.45) is 0. The van der Waals surface area contributed by atoms with Gasteiger partial charge in [-0.3, -0.25) is 0 Å². The van der Waals surface area contributed by atoms with Crippen LogP contribution in [0.25, 0.3) is 0 Å². The van der Waals surface area contributed by atoms with Crippen molar-refractivity contribution in [2.24, 2.45) is 5.16 Å². The lowest BCUT2D eigenvalue weighted by Crippen LogP contribution is -2.27. The van der Waals surface area contributed by atoms with E-state index in [0.717, 1.165) is 22.6 Å². The van der Waals surface area contributed by atoms with Crippen molar-refractivity contribution in [1.82, 2.24) is 0 Å². The lowest BCUT2D eigenvalue weighted by atomic mass is 9.88. The topological polar surface area (TPSA) is 47.9 Å². The van der Waals surface area contributed by atoms with Crippen LogP contribution in [-0.4, -0.2) is 18.3 Å². The molecule has 4 heteroatoms. The third-order valence-corrected chi connectivity index (χ3v) is 3.37. The Morgan fingerprint density at radius 2 is 1.86 bits per heavy atom. The third-order valence-electron chi connectivity index (χ3n) is 3.37. The van der Waals surface area contributed by atoms with Crippen LogP contribution in [0.5, 0.6) is 5.75 Å². The molecular formula is C17H15NO3. The van der Waals surface area contributed by atoms with E-state index in [0.29, 0.717) is 6.61 Å². The first kappa shape index (κ1) is 13.4. The van der Waals surface area contributed by atoms with E-state index in [1.54, 1.807) is 0 Å². The van der Waals surface area contributed by atoms with Crippen LogP contribution in [-0.2, 0) is 9.63 Å². The predicted octanol–water partition coefficient (Wildman–Crippen LogP) is 3.13. The number of nitrogens with zero attached hydrogens (tertiary/aromatic N) is 1. The Kier molecular flexibility index (Phi) is 3.69. The van der Waals surface area contributed by atoms with Crippen LogP contribution in [0.4, 0.5) is 0 Å². The fraction of sp³-hybridized carbons (Fsp3) is 0.176. The minimum Gasteiger partial charge on any atom is -0.492 e. The summed E-state index contributed by atoms with van der Waals surface area (Å²) in [5.41, 5.74) is 2.66. The van der Waals surface area contributed by atoms with Crippen molar-refractivity contribution in [2.75, 3.05) is 6.61 Å². The quantitative estimate of drug-likeness (QED) is 0.627. The van der Waals surface area contributed by atoms with Gasteiger partial charge in [-0.05, 0) is 17.7 Å². The van der Waals surface area contributed by atoms with E-state index < -0.39 is 5.97 Å². The van der Waals surface area contributed by atoms with Gasteiger partial charge in [-0.1, -0.05) is 47.6 Å². The largest absolute Gasteiger partial charge is 0.492 e. The molecule has 1 aliphatic heterocycles. The van der Waals surface area contributed by atoms with Crippen molar-refractivity contribution in [1.29, 1.82) is 0 Å². The first-order valence-corrected chi connectivity index (χ1v) is 6.78. The summed E-state index contributed by atoms with van der Waals surface area (Å²) in [6, 6.07) is 17.6. The molecule has 1 atom stereocenters. The lowest BCUT2D eigenvalue weighted by molar-refractivity contribution is -0.140. The first-order chi connectivity index (χ1) is 10.3. The Hall–Kier alpha value is -2.62. The van der Waals surface area contributed by atoms with Crippen LogP contribution in [0.2, 0.25) is 0 Å². The minimum atomic E-state index is -0.432. The van der Waals surface area contributed by atoms with E-state index in [1.807, 2.05) is 54.6 Å². The van der Waals surface area contributed by atoms with Gasteiger partial charge in [0.25, 0.3) is 0 Å². The zero-order valence-electron chi connectivity index (χ0n) is 11.7. The Morgan fingerprint density at radius 1 is 1.14 bits per heavy atom. The van der Waals surface area contributed by atoms with Gasteiger partial charge in [0.15, 0.2) is 0 Å². The lowest BCUT2D eigenvalue weighted by Gasteiger charge is -2.26. The van der Waals surface area contributed by atoms with Gasteiger partial charge in [0.05, 0.1) is 5.92 Å². The highest BCUT2D eigenvalue weighted by atomic mass is 16.7. The molecule has 21 heavy (non-hydrogen) atoms. The van der Waals surface area contributed by atoms with E-state index in [-0.39, 0.29) is 5.92 Å². The van der Waals surface area contributed by atoms with Gasteiger partial charge in [-0.25, -0.2) is 4.79 Å². The SMILES string of the molecule is CC(=O)ON=C1c2ccccc2OCC1c1ccccc1. The van der Waals surface area contributed by atoms with Crippen LogP contribution in [0.15, 0.2) is 59.8 Å². The maximum Gasteiger partial charge on any atom is 0.331 e. The number of fused-ring (bicyclic) bond motifs is 1. The summed E-state index contributed by atoms with van der Waals surface area (Å²) in [7, 11) is 0. The van der Waals surface area contributed by atoms with Crippen molar-refractivity contribution in [2.45, 2.75) is 12.8 Å². The van der Waals surface area contributed by atoms with Crippen LogP contribution >= 0.6 is 0 Å². The van der Waals surface area contributed by atoms with E-state index in [9.17, 15) is 4.79 Å². The highest BCUT2D eigenvalue weighted by molar-refractivity contribution is 6.08. The molecule has 0 bridgehead atoms. The van der Waals surface area contributed by atoms with Crippen LogP contribution in [0.1, 0.15) is 24.0 Å². The number of rotatable bonds is 2. The van der Waals surface area contributed by atoms with Gasteiger partial charge in [0.1, 0.15) is 18.1 Å². The standard InChI is InChI=1S/C17H15NO3/c1-12(19)21-18-17-14-9-5-6-10-16(14)20-11-15(17)13-7-3-2-4-8-13/h2-10,15H,11H2,1H3. The zero-order chi connectivity index (χ0) is 14.7. The first-order valence-electron chi connectivity index (χ1n) is 6.78. The Morgan fingerprint density at radius 3 is 2.62 bits per heavy atom. The predicted molar refractivity (Wildman–Crippen MR) is 79.4 cm³/mol. The molecule has 0 radical (unpaired) electrons. The monoisotopic (exact) mass is 281 g/mol. The number of oxime groups is 1. The van der Waals surface area contributed by atoms with Gasteiger partial charge < -0.3 is 9.57 Å². The van der Waals surface area contributed by atoms with E-state index >= 15 is 0 Å². The molecule has 2 aromatic carbocycles. The van der Waals surface area contributed by atoms with Crippen LogP contribution in [0.3, 0.4) is 0 Å². The number of hydrogen-bond donors (Lipinski definition) is 0. The normalized spacial score (nSPS) is 18.7. The molecule has 0 spiro atoms. The van der Waals surface area contributed by atoms with Crippen molar-refractivity contribution < 1.29 is 14.4 Å². The van der Waals surface area contributed by atoms with Crippen molar-refractivity contribution in [3.63, 3.8) is 0 Å². The molecule has 1 unspecified atom stereocenters. The van der Waals surface area contributed by atoms with Gasteiger partial charge in [0.2, 0.25) is 0 Å². The fourth-order valence-corrected chi connectivity index (χ4v) is 2.41. The molecule has 3 rings (SSSR count). The van der Waals surface area contributed by atoms with E-state index in [4.69, 9.17) is 9.57 Å². The summed E-state index contributed by atoms with van der Waals surface area (Å²) < 4.78 is 5.81. The molecule has 0 amide bonds. The smallest absolute Gasteiger partial charge is 0.331 e. The van der Waals surface area contributed by atoms with Crippen molar-refractivity contribution in [3.05, 3.63) is 65.7 Å². The second-order valence-electron chi connectivity index (χ2n) is 4.83. The molecule has 0 saturated heterocycles. The number of para-hydroxylation sites is 1. The molecule has 0 N–H and O–H groups in total. The van der Waals surface area contributed by atoms with E-state index in [1.165, 1.54) is 6.92 Å². The summed E-state index contributed by atoms with van der Waals surface area (Å²) in [4.78, 5) is 16.0. The second-order valence-corrected chi connectivity index (χ2v) is 4.83. The fourth-order valence-electron chi connectivity index (χ4n) is 2.41. The highest BCUT2D eigenvalue weighted by Gasteiger charge is 2.28. The molecule has 0 fully saturated rings. The molecule has 0 aliphatic carbocycles. The Bertz CT molecular complexity index is 679. The third kappa shape index (κ3) is 2.79. The number of carbonyl (C=O) groups excluding carboxylic acids is 1. The maximum absolute atomic E-state index is 11.1. The minimum absolute atomic E-state index is 0.0551. The van der Waals surface area contributed by atoms with Crippen molar-refractivity contribution in [3.8, 4) is 5.75 Å². The molecule has 4 nitrogen and oxygen atoms in total. The average Bonchev–Trinajstić information content (AvgIpc) is 2.53. The number of benzene rings is 2. The molecule has 2 aromatic rings. The molecule has 1 heterocycles. The number of ether oxygens (including phenoxy) is 1. The summed E-state index contributed by atoms with van der Waals surface area (Å²) >= 11 is 0. The number of carbonyl (C=O) groups is 1. The van der Waals surface area contributed by atoms with Crippen LogP contribution in [0, 0.1) is 0 Å². The summed E-state index contributed by atoms with van der Waals surface area (Å²) in [5, 5.41) is 4.07. The van der Waals surface area contributed by atoms with Gasteiger partial charge in [-0.2, -0.15) is 0 Å². The molecule has 106 valence electrons. The van der Waals surface area contributed by atoms with Crippen molar-refractivity contribution >= 4 is 11.7 Å².